The van der Waals surface area contributed by atoms with Gasteiger partial charge in [0, 0.05) is 25.3 Å². The van der Waals surface area contributed by atoms with Crippen LogP contribution in [0, 0.1) is 0 Å². The van der Waals surface area contributed by atoms with E-state index in [0.29, 0.717) is 25.2 Å². The van der Waals surface area contributed by atoms with Gasteiger partial charge in [-0.05, 0) is 38.1 Å². The highest BCUT2D eigenvalue weighted by atomic mass is 19.4. The Labute approximate surface area is 119 Å². The van der Waals surface area contributed by atoms with Crippen molar-refractivity contribution in [3.8, 4) is 0 Å². The number of benzene rings is 1. The molecule has 1 aromatic rings. The number of alkyl halides is 3. The molecule has 0 fully saturated rings. The van der Waals surface area contributed by atoms with Gasteiger partial charge in [0.1, 0.15) is 0 Å². The highest BCUT2D eigenvalue weighted by Gasteiger charge is 2.34. The summed E-state index contributed by atoms with van der Waals surface area (Å²) in [6, 6.07) is 4.60. The van der Waals surface area contributed by atoms with Crippen LogP contribution in [-0.4, -0.2) is 20.1 Å². The van der Waals surface area contributed by atoms with Gasteiger partial charge in [-0.2, -0.15) is 13.2 Å². The fourth-order valence-electron chi connectivity index (χ4n) is 2.20. The lowest BCUT2D eigenvalue weighted by Gasteiger charge is -2.27. The maximum Gasteiger partial charge on any atom is 0.418 e. The van der Waals surface area contributed by atoms with E-state index in [1.54, 1.807) is 24.1 Å². The average Bonchev–Trinajstić information content (AvgIpc) is 2.40. The fourth-order valence-corrected chi connectivity index (χ4v) is 2.20. The highest BCUT2D eigenvalue weighted by Crippen LogP contribution is 2.37. The summed E-state index contributed by atoms with van der Waals surface area (Å²) in [5.41, 5.74) is 0.395. The van der Waals surface area contributed by atoms with Gasteiger partial charge in [0.2, 0.25) is 0 Å². The average molecular weight is 288 g/mol. The van der Waals surface area contributed by atoms with Crippen molar-refractivity contribution >= 4 is 5.69 Å². The lowest BCUT2D eigenvalue weighted by molar-refractivity contribution is -0.137. The second-order valence-electron chi connectivity index (χ2n) is 4.81. The van der Waals surface area contributed by atoms with Crippen LogP contribution in [0.1, 0.15) is 37.8 Å². The van der Waals surface area contributed by atoms with E-state index in [1.165, 1.54) is 6.07 Å². The van der Waals surface area contributed by atoms with Gasteiger partial charge in [0.15, 0.2) is 0 Å². The first-order chi connectivity index (χ1) is 9.43. The van der Waals surface area contributed by atoms with Crippen molar-refractivity contribution in [3.63, 3.8) is 0 Å². The minimum absolute atomic E-state index is 0.285. The minimum atomic E-state index is -4.32. The molecule has 2 nitrogen and oxygen atoms in total. The first-order valence-electron chi connectivity index (χ1n) is 7.03. The van der Waals surface area contributed by atoms with Gasteiger partial charge < -0.3 is 10.2 Å². The van der Waals surface area contributed by atoms with E-state index in [0.717, 1.165) is 12.8 Å². The molecule has 0 bridgehead atoms. The summed E-state index contributed by atoms with van der Waals surface area (Å²) in [6.07, 6.45) is -2.46. The molecule has 0 aliphatic carbocycles. The quantitative estimate of drug-likeness (QED) is 0.814. The van der Waals surface area contributed by atoms with Gasteiger partial charge in [0.05, 0.1) is 5.56 Å². The first kappa shape index (κ1) is 16.8. The third kappa shape index (κ3) is 4.40. The number of hydrogen-bond acceptors (Lipinski definition) is 2. The van der Waals surface area contributed by atoms with Crippen LogP contribution in [0.15, 0.2) is 18.2 Å². The number of halogens is 3. The second kappa shape index (κ2) is 7.53. The summed E-state index contributed by atoms with van der Waals surface area (Å²) in [7, 11) is 1.72. The molecule has 0 aliphatic rings. The Balaban J connectivity index is 3.16. The van der Waals surface area contributed by atoms with Gasteiger partial charge in [-0.1, -0.05) is 19.4 Å². The molecule has 0 atom stereocenters. The molecule has 5 heteroatoms. The van der Waals surface area contributed by atoms with Crippen LogP contribution in [-0.2, 0) is 12.7 Å². The van der Waals surface area contributed by atoms with Crippen molar-refractivity contribution in [1.82, 2.24) is 5.32 Å². The van der Waals surface area contributed by atoms with E-state index in [-0.39, 0.29) is 5.69 Å². The van der Waals surface area contributed by atoms with Gasteiger partial charge in [-0.15, -0.1) is 0 Å². The molecule has 0 saturated heterocycles. The summed E-state index contributed by atoms with van der Waals surface area (Å²) >= 11 is 0. The summed E-state index contributed by atoms with van der Waals surface area (Å²) in [6.45, 7) is 5.59. The Morgan fingerprint density at radius 1 is 1.20 bits per heavy atom. The Morgan fingerprint density at radius 3 is 2.40 bits per heavy atom. The molecule has 0 amide bonds. The monoisotopic (exact) mass is 288 g/mol. The maximum atomic E-state index is 13.2. The molecule has 0 spiro atoms. The second-order valence-corrected chi connectivity index (χ2v) is 4.81. The molecule has 0 aliphatic heterocycles. The van der Waals surface area contributed by atoms with Crippen molar-refractivity contribution in [2.45, 2.75) is 39.4 Å². The van der Waals surface area contributed by atoms with Crippen molar-refractivity contribution in [1.29, 1.82) is 0 Å². The van der Waals surface area contributed by atoms with Crippen LogP contribution in [0.2, 0.25) is 0 Å². The number of rotatable bonds is 7. The zero-order chi connectivity index (χ0) is 15.2. The predicted molar refractivity (Wildman–Crippen MR) is 77.0 cm³/mol. The molecular formula is C15H23F3N2. The van der Waals surface area contributed by atoms with Crippen molar-refractivity contribution in [3.05, 3.63) is 29.3 Å². The van der Waals surface area contributed by atoms with Gasteiger partial charge in [-0.3, -0.25) is 0 Å². The smallest absolute Gasteiger partial charge is 0.371 e. The third-order valence-corrected chi connectivity index (χ3v) is 3.25. The molecule has 0 aromatic heterocycles. The Hall–Kier alpha value is -1.23. The third-order valence-electron chi connectivity index (χ3n) is 3.25. The van der Waals surface area contributed by atoms with Crippen LogP contribution < -0.4 is 10.2 Å². The number of nitrogens with zero attached hydrogens (tertiary/aromatic N) is 1. The molecule has 0 unspecified atom stereocenters. The highest BCUT2D eigenvalue weighted by molar-refractivity contribution is 5.56. The zero-order valence-electron chi connectivity index (χ0n) is 12.3. The number of hydrogen-bond donors (Lipinski definition) is 1. The van der Waals surface area contributed by atoms with E-state index >= 15 is 0 Å². The number of unbranched alkanes of at least 4 members (excludes halogenated alkanes) is 1. The van der Waals surface area contributed by atoms with E-state index < -0.39 is 11.7 Å². The SMILES string of the molecule is CCCCN(CC)c1ccc(CNC)cc1C(F)(F)F. The van der Waals surface area contributed by atoms with E-state index in [4.69, 9.17) is 0 Å². The Morgan fingerprint density at radius 2 is 1.90 bits per heavy atom. The normalized spacial score (nSPS) is 11.7. The van der Waals surface area contributed by atoms with Crippen molar-refractivity contribution in [2.75, 3.05) is 25.0 Å². The molecule has 114 valence electrons. The van der Waals surface area contributed by atoms with Crippen LogP contribution in [0.25, 0.3) is 0 Å². The number of anilines is 1. The van der Waals surface area contributed by atoms with Gasteiger partial charge in [-0.25, -0.2) is 0 Å². The largest absolute Gasteiger partial charge is 0.418 e. The zero-order valence-corrected chi connectivity index (χ0v) is 12.3. The van der Waals surface area contributed by atoms with Gasteiger partial charge in [0.25, 0.3) is 0 Å². The van der Waals surface area contributed by atoms with E-state index in [2.05, 4.69) is 5.32 Å². The van der Waals surface area contributed by atoms with Crippen LogP contribution in [0.4, 0.5) is 18.9 Å². The summed E-state index contributed by atoms with van der Waals surface area (Å²) < 4.78 is 39.7. The van der Waals surface area contributed by atoms with Crippen LogP contribution >= 0.6 is 0 Å². The summed E-state index contributed by atoms with van der Waals surface area (Å²) in [5.74, 6) is 0. The standard InChI is InChI=1S/C15H23F3N2/c1-4-6-9-20(5-2)14-8-7-12(11-19-3)10-13(14)15(16,17)18/h7-8,10,19H,4-6,9,11H2,1-3H3. The Bertz CT molecular complexity index is 416. The topological polar surface area (TPSA) is 15.3 Å². The maximum absolute atomic E-state index is 13.2. The van der Waals surface area contributed by atoms with Crippen LogP contribution in [0.3, 0.4) is 0 Å². The Kier molecular flexibility index (Phi) is 6.33. The minimum Gasteiger partial charge on any atom is -0.371 e. The lowest BCUT2D eigenvalue weighted by Crippen LogP contribution is -2.27. The summed E-state index contributed by atoms with van der Waals surface area (Å²) in [5, 5.41) is 2.88. The molecule has 0 heterocycles. The lowest BCUT2D eigenvalue weighted by atomic mass is 10.1. The van der Waals surface area contributed by atoms with Gasteiger partial charge >= 0.3 is 6.18 Å². The molecule has 0 saturated carbocycles. The predicted octanol–water partition coefficient (Wildman–Crippen LogP) is 4.05. The van der Waals surface area contributed by atoms with E-state index in [1.807, 2.05) is 13.8 Å². The molecule has 0 radical (unpaired) electrons. The molecule has 1 N–H and O–H groups in total. The summed E-state index contributed by atoms with van der Waals surface area (Å²) in [4.78, 5) is 1.80. The molecule has 1 rings (SSSR count). The molecule has 20 heavy (non-hydrogen) atoms. The number of nitrogens with one attached hydrogen (secondary N) is 1. The fraction of sp³-hybridized carbons (Fsp3) is 0.600. The van der Waals surface area contributed by atoms with Crippen LogP contribution in [0.5, 0.6) is 0 Å². The van der Waals surface area contributed by atoms with Crippen molar-refractivity contribution in [2.24, 2.45) is 0 Å². The van der Waals surface area contributed by atoms with Crippen molar-refractivity contribution < 1.29 is 13.2 Å². The van der Waals surface area contributed by atoms with E-state index in [9.17, 15) is 13.2 Å². The molecule has 1 aromatic carbocycles. The first-order valence-corrected chi connectivity index (χ1v) is 7.03. The molecular weight excluding hydrogens is 265 g/mol.